The maximum Gasteiger partial charge on any atom is 0.122 e. The van der Waals surface area contributed by atoms with Crippen LogP contribution in [-0.4, -0.2) is 11.2 Å². The molecule has 1 unspecified atom stereocenters. The number of aryl methyl sites for hydroxylation is 1. The van der Waals surface area contributed by atoms with Gasteiger partial charge in [-0.05, 0) is 48.1 Å². The van der Waals surface area contributed by atoms with Crippen molar-refractivity contribution in [3.8, 4) is 5.75 Å². The van der Waals surface area contributed by atoms with E-state index in [0.29, 0.717) is 5.92 Å². The van der Waals surface area contributed by atoms with Crippen molar-refractivity contribution in [2.45, 2.75) is 25.8 Å². The average Bonchev–Trinajstić information content (AvgIpc) is 2.90. The monoisotopic (exact) mass is 277 g/mol. The summed E-state index contributed by atoms with van der Waals surface area (Å²) in [7, 11) is 0. The number of hydrogen-bond acceptors (Lipinski definition) is 1. The Morgan fingerprint density at radius 2 is 2.05 bits per heavy atom. The zero-order chi connectivity index (χ0) is 14.2. The molecular weight excluding hydrogens is 258 g/mol. The van der Waals surface area contributed by atoms with E-state index in [1.54, 1.807) is 0 Å². The summed E-state index contributed by atoms with van der Waals surface area (Å²) in [5.41, 5.74) is 3.99. The highest BCUT2D eigenvalue weighted by Crippen LogP contribution is 2.35. The minimum absolute atomic E-state index is 0.533. The molecule has 1 aliphatic rings. The Hall–Kier alpha value is -2.22. The van der Waals surface area contributed by atoms with Crippen LogP contribution in [0.2, 0.25) is 0 Å². The van der Waals surface area contributed by atoms with Gasteiger partial charge in [-0.2, -0.15) is 0 Å². The summed E-state index contributed by atoms with van der Waals surface area (Å²) >= 11 is 0. The summed E-state index contributed by atoms with van der Waals surface area (Å²) in [5.74, 6) is 1.59. The number of nitrogens with zero attached hydrogens (tertiary/aromatic N) is 1. The molecule has 2 heteroatoms. The lowest BCUT2D eigenvalue weighted by Gasteiger charge is -2.26. The Labute approximate surface area is 125 Å². The molecule has 0 fully saturated rings. The number of para-hydroxylation sites is 1. The van der Waals surface area contributed by atoms with Crippen molar-refractivity contribution in [1.29, 1.82) is 0 Å². The molecule has 21 heavy (non-hydrogen) atoms. The number of ether oxygens (including phenoxy) is 1. The number of rotatable bonds is 2. The van der Waals surface area contributed by atoms with Crippen LogP contribution < -0.4 is 4.74 Å². The summed E-state index contributed by atoms with van der Waals surface area (Å²) in [6.45, 7) is 3.99. The van der Waals surface area contributed by atoms with Crippen LogP contribution in [0.3, 0.4) is 0 Å². The molecule has 1 atom stereocenters. The van der Waals surface area contributed by atoms with Crippen LogP contribution >= 0.6 is 0 Å². The topological polar surface area (TPSA) is 14.2 Å². The van der Waals surface area contributed by atoms with E-state index in [1.807, 2.05) is 0 Å². The zero-order valence-electron chi connectivity index (χ0n) is 12.3. The Morgan fingerprint density at radius 3 is 3.00 bits per heavy atom. The Bertz CT molecular complexity index is 787. The first-order chi connectivity index (χ1) is 10.3. The van der Waals surface area contributed by atoms with E-state index in [9.17, 15) is 0 Å². The fourth-order valence-electron chi connectivity index (χ4n) is 3.30. The highest BCUT2D eigenvalue weighted by Gasteiger charge is 2.21. The third-order valence-electron chi connectivity index (χ3n) is 4.43. The molecule has 0 saturated heterocycles. The standard InChI is InChI=1S/C19H19NO/c1-14-6-7-15-8-10-20(18(15)12-14)13-16-9-11-21-19-5-3-2-4-17(16)19/h2-8,10,12,16H,9,11,13H2,1H3. The third kappa shape index (κ3) is 2.21. The lowest BCUT2D eigenvalue weighted by atomic mass is 9.93. The van der Waals surface area contributed by atoms with Gasteiger partial charge in [-0.25, -0.2) is 0 Å². The van der Waals surface area contributed by atoms with Gasteiger partial charge in [-0.15, -0.1) is 0 Å². The maximum atomic E-state index is 5.77. The largest absolute Gasteiger partial charge is 0.493 e. The lowest BCUT2D eigenvalue weighted by molar-refractivity contribution is 0.259. The summed E-state index contributed by atoms with van der Waals surface area (Å²) < 4.78 is 8.15. The molecule has 2 nitrogen and oxygen atoms in total. The molecule has 0 spiro atoms. The van der Waals surface area contributed by atoms with E-state index in [0.717, 1.165) is 25.3 Å². The molecule has 4 rings (SSSR count). The lowest BCUT2D eigenvalue weighted by Crippen LogP contribution is -2.18. The molecule has 106 valence electrons. The van der Waals surface area contributed by atoms with Crippen molar-refractivity contribution in [1.82, 2.24) is 4.57 Å². The summed E-state index contributed by atoms with van der Waals surface area (Å²) in [6, 6.07) is 17.3. The van der Waals surface area contributed by atoms with Gasteiger partial charge < -0.3 is 9.30 Å². The van der Waals surface area contributed by atoms with Crippen molar-refractivity contribution < 1.29 is 4.74 Å². The average molecular weight is 277 g/mol. The SMILES string of the molecule is Cc1ccc2ccn(CC3CCOc4ccccc43)c2c1. The fraction of sp³-hybridized carbons (Fsp3) is 0.263. The van der Waals surface area contributed by atoms with E-state index < -0.39 is 0 Å². The van der Waals surface area contributed by atoms with Gasteiger partial charge in [0.1, 0.15) is 5.75 Å². The van der Waals surface area contributed by atoms with Gasteiger partial charge in [0.25, 0.3) is 0 Å². The highest BCUT2D eigenvalue weighted by atomic mass is 16.5. The number of benzene rings is 2. The van der Waals surface area contributed by atoms with Gasteiger partial charge in [0.05, 0.1) is 6.61 Å². The van der Waals surface area contributed by atoms with Crippen LogP contribution in [0.5, 0.6) is 5.75 Å². The molecule has 3 aromatic rings. The smallest absolute Gasteiger partial charge is 0.122 e. The van der Waals surface area contributed by atoms with Gasteiger partial charge in [0, 0.05) is 24.2 Å². The Balaban J connectivity index is 1.71. The minimum atomic E-state index is 0.533. The molecule has 0 aliphatic carbocycles. The van der Waals surface area contributed by atoms with Crippen molar-refractivity contribution in [3.63, 3.8) is 0 Å². The van der Waals surface area contributed by atoms with Crippen LogP contribution in [0.25, 0.3) is 10.9 Å². The van der Waals surface area contributed by atoms with E-state index in [2.05, 4.69) is 66.2 Å². The predicted molar refractivity (Wildman–Crippen MR) is 86.0 cm³/mol. The zero-order valence-corrected chi connectivity index (χ0v) is 12.3. The summed E-state index contributed by atoms with van der Waals surface area (Å²) in [5, 5.41) is 1.32. The second kappa shape index (κ2) is 4.96. The predicted octanol–water partition coefficient (Wildman–Crippen LogP) is 4.52. The van der Waals surface area contributed by atoms with Gasteiger partial charge in [0.2, 0.25) is 0 Å². The van der Waals surface area contributed by atoms with Crippen molar-refractivity contribution in [2.75, 3.05) is 6.61 Å². The number of fused-ring (bicyclic) bond motifs is 2. The second-order valence-corrected chi connectivity index (χ2v) is 5.90. The summed E-state index contributed by atoms with van der Waals surface area (Å²) in [4.78, 5) is 0. The fourth-order valence-corrected chi connectivity index (χ4v) is 3.30. The molecule has 0 bridgehead atoms. The molecule has 2 heterocycles. The van der Waals surface area contributed by atoms with E-state index in [1.165, 1.54) is 22.0 Å². The molecule has 0 N–H and O–H groups in total. The van der Waals surface area contributed by atoms with Crippen LogP contribution in [0, 0.1) is 6.92 Å². The normalized spacial score (nSPS) is 17.5. The van der Waals surface area contributed by atoms with E-state index in [4.69, 9.17) is 4.74 Å². The highest BCUT2D eigenvalue weighted by molar-refractivity contribution is 5.80. The Morgan fingerprint density at radius 1 is 1.14 bits per heavy atom. The molecule has 0 saturated carbocycles. The number of aromatic nitrogens is 1. The van der Waals surface area contributed by atoms with Gasteiger partial charge in [-0.3, -0.25) is 0 Å². The quantitative estimate of drug-likeness (QED) is 0.672. The minimum Gasteiger partial charge on any atom is -0.493 e. The van der Waals surface area contributed by atoms with Crippen LogP contribution in [-0.2, 0) is 6.54 Å². The van der Waals surface area contributed by atoms with E-state index in [-0.39, 0.29) is 0 Å². The first-order valence-corrected chi connectivity index (χ1v) is 7.58. The van der Waals surface area contributed by atoms with Crippen molar-refractivity contribution in [3.05, 3.63) is 65.9 Å². The summed E-state index contributed by atoms with van der Waals surface area (Å²) in [6.07, 6.45) is 3.30. The number of hydrogen-bond donors (Lipinski definition) is 0. The van der Waals surface area contributed by atoms with Crippen LogP contribution in [0.1, 0.15) is 23.5 Å². The Kier molecular flexibility index (Phi) is 2.95. The molecule has 0 amide bonds. The third-order valence-corrected chi connectivity index (χ3v) is 4.43. The molecule has 2 aromatic carbocycles. The first kappa shape index (κ1) is 12.5. The molecule has 0 radical (unpaired) electrons. The second-order valence-electron chi connectivity index (χ2n) is 5.90. The van der Waals surface area contributed by atoms with Gasteiger partial charge in [0.15, 0.2) is 0 Å². The molecule has 1 aromatic heterocycles. The van der Waals surface area contributed by atoms with Gasteiger partial charge in [-0.1, -0.05) is 30.3 Å². The van der Waals surface area contributed by atoms with Crippen molar-refractivity contribution >= 4 is 10.9 Å². The van der Waals surface area contributed by atoms with E-state index >= 15 is 0 Å². The first-order valence-electron chi connectivity index (χ1n) is 7.58. The maximum absolute atomic E-state index is 5.77. The van der Waals surface area contributed by atoms with Crippen LogP contribution in [0.15, 0.2) is 54.7 Å². The van der Waals surface area contributed by atoms with Crippen LogP contribution in [0.4, 0.5) is 0 Å². The van der Waals surface area contributed by atoms with Crippen molar-refractivity contribution in [2.24, 2.45) is 0 Å². The molecular formula is C19H19NO. The van der Waals surface area contributed by atoms with Gasteiger partial charge >= 0.3 is 0 Å². The molecule has 1 aliphatic heterocycles.